The number of hydrogen-bond acceptors (Lipinski definition) is 4. The minimum Gasteiger partial charge on any atom is -0.434 e. The summed E-state index contributed by atoms with van der Waals surface area (Å²) < 4.78 is 10.1. The van der Waals surface area contributed by atoms with Crippen LogP contribution < -0.4 is 10.5 Å². The van der Waals surface area contributed by atoms with Crippen molar-refractivity contribution in [2.75, 3.05) is 12.3 Å². The highest BCUT2D eigenvalue weighted by molar-refractivity contribution is 5.64. The molecule has 0 aliphatic carbocycles. The molecule has 1 aromatic rings. The van der Waals surface area contributed by atoms with Crippen LogP contribution in [-0.4, -0.2) is 12.8 Å². The second-order valence-electron chi connectivity index (χ2n) is 5.95. The van der Waals surface area contributed by atoms with Crippen LogP contribution in [0.15, 0.2) is 24.3 Å². The van der Waals surface area contributed by atoms with E-state index in [4.69, 9.17) is 15.2 Å². The Bertz CT molecular complexity index is 434. The van der Waals surface area contributed by atoms with E-state index < -0.39 is 6.16 Å². The summed E-state index contributed by atoms with van der Waals surface area (Å²) in [4.78, 5) is 11.5. The maximum absolute atomic E-state index is 11.5. The third-order valence-corrected chi connectivity index (χ3v) is 3.78. The van der Waals surface area contributed by atoms with Crippen molar-refractivity contribution in [1.82, 2.24) is 0 Å². The fourth-order valence-corrected chi connectivity index (χ4v) is 2.45. The van der Waals surface area contributed by atoms with E-state index in [1.165, 1.54) is 51.4 Å². The molecule has 2 N–H and O–H groups in total. The van der Waals surface area contributed by atoms with Crippen LogP contribution in [0.2, 0.25) is 0 Å². The number of rotatable bonds is 12. The van der Waals surface area contributed by atoms with Gasteiger partial charge in [-0.3, -0.25) is 0 Å². The summed E-state index contributed by atoms with van der Waals surface area (Å²) in [6, 6.07) is 6.75. The molecule has 0 amide bonds. The molecule has 4 heteroatoms. The summed E-state index contributed by atoms with van der Waals surface area (Å²) in [5, 5.41) is 0. The molecule has 0 aliphatic heterocycles. The second-order valence-corrected chi connectivity index (χ2v) is 5.95. The molecule has 23 heavy (non-hydrogen) atoms. The van der Waals surface area contributed by atoms with Crippen LogP contribution in [0.1, 0.15) is 71.1 Å². The topological polar surface area (TPSA) is 61.5 Å². The minimum absolute atomic E-state index is 0.414. The van der Waals surface area contributed by atoms with E-state index in [-0.39, 0.29) is 0 Å². The molecule has 0 spiro atoms. The number of hydrogen-bond donors (Lipinski definition) is 1. The van der Waals surface area contributed by atoms with Crippen LogP contribution in [0.3, 0.4) is 0 Å². The number of anilines is 1. The van der Waals surface area contributed by atoms with Crippen LogP contribution >= 0.6 is 0 Å². The number of unbranched alkanes of at least 4 members (excludes halogenated alkanes) is 9. The summed E-state index contributed by atoms with van der Waals surface area (Å²) in [6.07, 6.45) is 11.9. The number of benzene rings is 1. The van der Waals surface area contributed by atoms with E-state index >= 15 is 0 Å². The highest BCUT2D eigenvalue weighted by Crippen LogP contribution is 2.15. The molecular weight excluding hydrogens is 290 g/mol. The Morgan fingerprint density at radius 2 is 1.57 bits per heavy atom. The van der Waals surface area contributed by atoms with Gasteiger partial charge in [-0.1, -0.05) is 70.8 Å². The van der Waals surface area contributed by atoms with Crippen LogP contribution in [0.5, 0.6) is 5.75 Å². The van der Waals surface area contributed by atoms with E-state index in [2.05, 4.69) is 6.92 Å². The van der Waals surface area contributed by atoms with Crippen LogP contribution in [0.25, 0.3) is 0 Å². The predicted octanol–water partition coefficient (Wildman–Crippen LogP) is 5.71. The highest BCUT2D eigenvalue weighted by Gasteiger charge is 2.05. The van der Waals surface area contributed by atoms with Crippen molar-refractivity contribution >= 4 is 11.8 Å². The zero-order valence-corrected chi connectivity index (χ0v) is 14.4. The minimum atomic E-state index is -0.661. The molecule has 4 nitrogen and oxygen atoms in total. The van der Waals surface area contributed by atoms with Gasteiger partial charge < -0.3 is 15.2 Å². The monoisotopic (exact) mass is 321 g/mol. The summed E-state index contributed by atoms with van der Waals surface area (Å²) >= 11 is 0. The van der Waals surface area contributed by atoms with E-state index in [1.54, 1.807) is 24.3 Å². The van der Waals surface area contributed by atoms with Gasteiger partial charge in [0.2, 0.25) is 0 Å². The molecule has 0 atom stereocenters. The molecule has 0 bridgehead atoms. The van der Waals surface area contributed by atoms with Crippen LogP contribution in [-0.2, 0) is 4.74 Å². The van der Waals surface area contributed by atoms with Gasteiger partial charge in [-0.25, -0.2) is 4.79 Å². The van der Waals surface area contributed by atoms with Crippen molar-refractivity contribution in [2.45, 2.75) is 71.1 Å². The Balaban J connectivity index is 1.91. The number of nitrogens with two attached hydrogens (primary N) is 1. The fraction of sp³-hybridized carbons (Fsp3) is 0.632. The van der Waals surface area contributed by atoms with Crippen molar-refractivity contribution in [3.05, 3.63) is 24.3 Å². The Morgan fingerprint density at radius 3 is 2.17 bits per heavy atom. The molecule has 0 aromatic heterocycles. The lowest BCUT2D eigenvalue weighted by molar-refractivity contribution is 0.0973. The molecule has 130 valence electrons. The lowest BCUT2D eigenvalue weighted by Gasteiger charge is -2.06. The third-order valence-electron chi connectivity index (χ3n) is 3.78. The van der Waals surface area contributed by atoms with Gasteiger partial charge in [0.05, 0.1) is 6.61 Å². The fourth-order valence-electron chi connectivity index (χ4n) is 2.45. The maximum Gasteiger partial charge on any atom is 0.513 e. The lowest BCUT2D eigenvalue weighted by atomic mass is 10.1. The Morgan fingerprint density at radius 1 is 0.957 bits per heavy atom. The van der Waals surface area contributed by atoms with E-state index in [1.807, 2.05) is 0 Å². The van der Waals surface area contributed by atoms with Gasteiger partial charge in [-0.05, 0) is 18.6 Å². The van der Waals surface area contributed by atoms with Gasteiger partial charge in [0.15, 0.2) is 0 Å². The van der Waals surface area contributed by atoms with Gasteiger partial charge in [0, 0.05) is 11.8 Å². The zero-order valence-electron chi connectivity index (χ0n) is 14.4. The first-order chi connectivity index (χ1) is 11.2. The second kappa shape index (κ2) is 12.8. The van der Waals surface area contributed by atoms with Crippen molar-refractivity contribution in [1.29, 1.82) is 0 Å². The zero-order chi connectivity index (χ0) is 16.8. The number of nitrogen functional groups attached to an aromatic ring is 1. The molecule has 0 saturated carbocycles. The number of carbonyl (C=O) groups is 1. The Hall–Kier alpha value is -1.71. The van der Waals surface area contributed by atoms with Gasteiger partial charge >= 0.3 is 6.16 Å². The van der Waals surface area contributed by atoms with Crippen molar-refractivity contribution in [3.63, 3.8) is 0 Å². The molecule has 0 heterocycles. The maximum atomic E-state index is 11.5. The van der Waals surface area contributed by atoms with Crippen molar-refractivity contribution in [2.24, 2.45) is 0 Å². The third kappa shape index (κ3) is 10.6. The largest absolute Gasteiger partial charge is 0.513 e. The quantitative estimate of drug-likeness (QED) is 0.232. The summed E-state index contributed by atoms with van der Waals surface area (Å²) in [5.41, 5.74) is 6.18. The molecule has 0 unspecified atom stereocenters. The normalized spacial score (nSPS) is 10.5. The first-order valence-electron chi connectivity index (χ1n) is 8.92. The van der Waals surface area contributed by atoms with Crippen LogP contribution in [0, 0.1) is 0 Å². The van der Waals surface area contributed by atoms with Crippen molar-refractivity contribution in [3.8, 4) is 5.75 Å². The van der Waals surface area contributed by atoms with Gasteiger partial charge in [0.1, 0.15) is 5.75 Å². The standard InChI is InChI=1S/C19H31NO3/c1-2-3-4-5-6-7-8-9-10-11-15-22-19(21)23-18-14-12-13-17(20)16-18/h12-14,16H,2-11,15,20H2,1H3. The van der Waals surface area contributed by atoms with Gasteiger partial charge in [-0.2, -0.15) is 0 Å². The summed E-state index contributed by atoms with van der Waals surface area (Å²) in [6.45, 7) is 2.66. The molecule has 1 aromatic carbocycles. The van der Waals surface area contributed by atoms with Gasteiger partial charge in [0.25, 0.3) is 0 Å². The predicted molar refractivity (Wildman–Crippen MR) is 94.7 cm³/mol. The summed E-state index contributed by atoms with van der Waals surface area (Å²) in [7, 11) is 0. The average Bonchev–Trinajstić information content (AvgIpc) is 2.52. The first kappa shape index (κ1) is 19.3. The SMILES string of the molecule is CCCCCCCCCCCCOC(=O)Oc1cccc(N)c1. The first-order valence-corrected chi connectivity index (χ1v) is 8.92. The number of carbonyl (C=O) groups excluding carboxylic acids is 1. The van der Waals surface area contributed by atoms with Gasteiger partial charge in [-0.15, -0.1) is 0 Å². The highest BCUT2D eigenvalue weighted by atomic mass is 16.7. The molecule has 0 fully saturated rings. The Labute approximate surface area is 140 Å². The smallest absolute Gasteiger partial charge is 0.434 e. The molecule has 0 radical (unpaired) electrons. The Kier molecular flexibility index (Phi) is 10.8. The van der Waals surface area contributed by atoms with E-state index in [0.29, 0.717) is 18.0 Å². The molecular formula is C19H31NO3. The van der Waals surface area contributed by atoms with E-state index in [0.717, 1.165) is 12.8 Å². The molecule has 1 rings (SSSR count). The summed E-state index contributed by atoms with van der Waals surface area (Å²) in [5.74, 6) is 0.415. The van der Waals surface area contributed by atoms with E-state index in [9.17, 15) is 4.79 Å². The van der Waals surface area contributed by atoms with Crippen molar-refractivity contribution < 1.29 is 14.3 Å². The van der Waals surface area contributed by atoms with Crippen LogP contribution in [0.4, 0.5) is 10.5 Å². The lowest BCUT2D eigenvalue weighted by Crippen LogP contribution is -2.11. The molecule has 0 aliphatic rings. The molecule has 0 saturated heterocycles. The number of ether oxygens (including phenoxy) is 2. The average molecular weight is 321 g/mol.